The average molecular weight is 314 g/mol. The van der Waals surface area contributed by atoms with Crippen LogP contribution in [0.2, 0.25) is 0 Å². The third-order valence-corrected chi connectivity index (χ3v) is 4.21. The lowest BCUT2D eigenvalue weighted by molar-refractivity contribution is -0.153. The first kappa shape index (κ1) is 15.5. The lowest BCUT2D eigenvalue weighted by Gasteiger charge is -2.46. The summed E-state index contributed by atoms with van der Waals surface area (Å²) in [6.07, 6.45) is 0.696. The molecule has 0 aromatic carbocycles. The van der Waals surface area contributed by atoms with Gasteiger partial charge in [-0.15, -0.1) is 0 Å². The van der Waals surface area contributed by atoms with E-state index in [1.165, 1.54) is 7.11 Å². The van der Waals surface area contributed by atoms with Crippen molar-refractivity contribution in [3.05, 3.63) is 40.8 Å². The fourth-order valence-corrected chi connectivity index (χ4v) is 3.06. The SMILES string of the molecule is COC(=O)C1(C)CN(c2cc(C)cc(Cc3cc(C)[nH]n3)n2)C1. The fourth-order valence-electron chi connectivity index (χ4n) is 3.06. The Morgan fingerprint density at radius 2 is 2.04 bits per heavy atom. The minimum Gasteiger partial charge on any atom is -0.468 e. The number of hydrogen-bond donors (Lipinski definition) is 1. The van der Waals surface area contributed by atoms with Gasteiger partial charge in [0.2, 0.25) is 0 Å². The van der Waals surface area contributed by atoms with E-state index in [1.807, 2.05) is 19.9 Å². The number of H-pyrrole nitrogens is 1. The van der Waals surface area contributed by atoms with Crippen molar-refractivity contribution in [3.8, 4) is 0 Å². The molecule has 1 N–H and O–H groups in total. The maximum atomic E-state index is 11.8. The van der Waals surface area contributed by atoms with Gasteiger partial charge in [-0.1, -0.05) is 0 Å². The van der Waals surface area contributed by atoms with Gasteiger partial charge in [-0.2, -0.15) is 5.10 Å². The number of pyridine rings is 1. The lowest BCUT2D eigenvalue weighted by Crippen LogP contribution is -2.59. The van der Waals surface area contributed by atoms with Crippen LogP contribution in [0.1, 0.15) is 29.6 Å². The van der Waals surface area contributed by atoms with Gasteiger partial charge < -0.3 is 9.64 Å². The zero-order valence-electron chi connectivity index (χ0n) is 14.0. The molecule has 0 aliphatic carbocycles. The van der Waals surface area contributed by atoms with Crippen molar-refractivity contribution in [2.24, 2.45) is 5.41 Å². The highest BCUT2D eigenvalue weighted by molar-refractivity contribution is 5.80. The molecule has 0 radical (unpaired) electrons. The number of nitrogens with zero attached hydrogens (tertiary/aromatic N) is 3. The van der Waals surface area contributed by atoms with Crippen LogP contribution in [0.15, 0.2) is 18.2 Å². The standard InChI is InChI=1S/C17H22N4O2/c1-11-5-13(8-14-7-12(2)19-20-14)18-15(6-11)21-9-17(3,10-21)16(22)23-4/h5-7H,8-10H2,1-4H3,(H,19,20). The van der Waals surface area contributed by atoms with E-state index in [2.05, 4.69) is 34.2 Å². The number of carbonyl (C=O) groups excluding carboxylic acids is 1. The molecule has 3 heterocycles. The van der Waals surface area contributed by atoms with E-state index in [0.717, 1.165) is 28.5 Å². The summed E-state index contributed by atoms with van der Waals surface area (Å²) in [4.78, 5) is 18.6. The minimum absolute atomic E-state index is 0.159. The highest BCUT2D eigenvalue weighted by Gasteiger charge is 2.46. The first-order valence-corrected chi connectivity index (χ1v) is 7.71. The van der Waals surface area contributed by atoms with Crippen molar-refractivity contribution in [1.29, 1.82) is 0 Å². The van der Waals surface area contributed by atoms with Crippen molar-refractivity contribution >= 4 is 11.8 Å². The summed E-state index contributed by atoms with van der Waals surface area (Å²) >= 11 is 0. The molecule has 2 aromatic rings. The Balaban J connectivity index is 1.75. The van der Waals surface area contributed by atoms with E-state index in [9.17, 15) is 4.79 Å². The van der Waals surface area contributed by atoms with Crippen molar-refractivity contribution in [2.45, 2.75) is 27.2 Å². The van der Waals surface area contributed by atoms with E-state index in [1.54, 1.807) is 0 Å². The molecule has 0 bridgehead atoms. The van der Waals surface area contributed by atoms with Gasteiger partial charge in [-0.25, -0.2) is 4.98 Å². The van der Waals surface area contributed by atoms with Crippen LogP contribution in [0.5, 0.6) is 0 Å². The predicted octanol–water partition coefficient (Wildman–Crippen LogP) is 2.01. The zero-order valence-corrected chi connectivity index (χ0v) is 14.0. The van der Waals surface area contributed by atoms with Gasteiger partial charge >= 0.3 is 5.97 Å². The van der Waals surface area contributed by atoms with Gasteiger partial charge in [0.15, 0.2) is 0 Å². The summed E-state index contributed by atoms with van der Waals surface area (Å²) < 4.78 is 4.87. The van der Waals surface area contributed by atoms with Crippen LogP contribution in [-0.4, -0.2) is 41.3 Å². The van der Waals surface area contributed by atoms with Gasteiger partial charge in [0.1, 0.15) is 11.2 Å². The number of carbonyl (C=O) groups is 1. The van der Waals surface area contributed by atoms with Crippen LogP contribution in [0.25, 0.3) is 0 Å². The van der Waals surface area contributed by atoms with Crippen molar-refractivity contribution in [3.63, 3.8) is 0 Å². The molecule has 0 amide bonds. The molecule has 1 fully saturated rings. The molecule has 2 aromatic heterocycles. The Labute approximate surface area is 135 Å². The molecule has 0 spiro atoms. The second-order valence-corrected chi connectivity index (χ2v) is 6.62. The number of rotatable bonds is 4. The molecule has 1 saturated heterocycles. The number of aromatic nitrogens is 3. The first-order chi connectivity index (χ1) is 10.9. The lowest BCUT2D eigenvalue weighted by atomic mass is 9.82. The molecule has 6 heteroatoms. The fraction of sp³-hybridized carbons (Fsp3) is 0.471. The summed E-state index contributed by atoms with van der Waals surface area (Å²) in [5, 5.41) is 7.22. The average Bonchev–Trinajstić information content (AvgIpc) is 2.87. The molecule has 3 rings (SSSR count). The van der Waals surface area contributed by atoms with E-state index in [-0.39, 0.29) is 5.97 Å². The number of aryl methyl sites for hydroxylation is 2. The zero-order chi connectivity index (χ0) is 16.6. The number of esters is 1. The number of methoxy groups -OCH3 is 1. The number of nitrogens with one attached hydrogen (secondary N) is 1. The second-order valence-electron chi connectivity index (χ2n) is 6.62. The summed E-state index contributed by atoms with van der Waals surface area (Å²) in [6.45, 7) is 7.25. The van der Waals surface area contributed by atoms with Gasteiger partial charge in [0.25, 0.3) is 0 Å². The molecule has 6 nitrogen and oxygen atoms in total. The third kappa shape index (κ3) is 3.06. The van der Waals surface area contributed by atoms with Crippen molar-refractivity contribution < 1.29 is 9.53 Å². The van der Waals surface area contributed by atoms with Crippen LogP contribution in [-0.2, 0) is 16.0 Å². The number of anilines is 1. The van der Waals surface area contributed by atoms with Crippen LogP contribution in [0, 0.1) is 19.3 Å². The highest BCUT2D eigenvalue weighted by Crippen LogP contribution is 2.34. The molecule has 23 heavy (non-hydrogen) atoms. The summed E-state index contributed by atoms with van der Waals surface area (Å²) in [5.41, 5.74) is 3.74. The molecule has 1 aliphatic heterocycles. The summed E-state index contributed by atoms with van der Waals surface area (Å²) in [7, 11) is 1.44. The van der Waals surface area contributed by atoms with Crippen LogP contribution >= 0.6 is 0 Å². The van der Waals surface area contributed by atoms with Gasteiger partial charge in [-0.05, 0) is 44.5 Å². The Bertz CT molecular complexity index is 732. The second kappa shape index (κ2) is 5.68. The molecule has 0 unspecified atom stereocenters. The Morgan fingerprint density at radius 3 is 2.65 bits per heavy atom. The molecule has 122 valence electrons. The Kier molecular flexibility index (Phi) is 3.83. The number of ether oxygens (including phenoxy) is 1. The number of aromatic amines is 1. The molecular formula is C17H22N4O2. The summed E-state index contributed by atoms with van der Waals surface area (Å²) in [6, 6.07) is 6.16. The molecule has 0 saturated carbocycles. The van der Waals surface area contributed by atoms with Crippen LogP contribution < -0.4 is 4.90 Å². The van der Waals surface area contributed by atoms with Crippen LogP contribution in [0.4, 0.5) is 5.82 Å². The normalized spacial score (nSPS) is 16.1. The minimum atomic E-state index is -0.431. The molecule has 1 aliphatic rings. The van der Waals surface area contributed by atoms with Gasteiger partial charge in [-0.3, -0.25) is 9.89 Å². The third-order valence-electron chi connectivity index (χ3n) is 4.21. The maximum Gasteiger partial charge on any atom is 0.315 e. The quantitative estimate of drug-likeness (QED) is 0.874. The highest BCUT2D eigenvalue weighted by atomic mass is 16.5. The molecule has 0 atom stereocenters. The molecular weight excluding hydrogens is 292 g/mol. The summed E-state index contributed by atoms with van der Waals surface area (Å²) in [5.74, 6) is 0.752. The topological polar surface area (TPSA) is 71.1 Å². The van der Waals surface area contributed by atoms with Crippen LogP contribution in [0.3, 0.4) is 0 Å². The Hall–Kier alpha value is -2.37. The van der Waals surface area contributed by atoms with E-state index in [0.29, 0.717) is 19.5 Å². The van der Waals surface area contributed by atoms with E-state index < -0.39 is 5.41 Å². The van der Waals surface area contributed by atoms with Gasteiger partial charge in [0, 0.05) is 30.9 Å². The van der Waals surface area contributed by atoms with E-state index in [4.69, 9.17) is 9.72 Å². The largest absolute Gasteiger partial charge is 0.468 e. The number of hydrogen-bond acceptors (Lipinski definition) is 5. The van der Waals surface area contributed by atoms with Crippen molar-refractivity contribution in [1.82, 2.24) is 15.2 Å². The van der Waals surface area contributed by atoms with Gasteiger partial charge in [0.05, 0.1) is 12.8 Å². The smallest absolute Gasteiger partial charge is 0.315 e. The predicted molar refractivity (Wildman–Crippen MR) is 87.4 cm³/mol. The van der Waals surface area contributed by atoms with E-state index >= 15 is 0 Å². The van der Waals surface area contributed by atoms with Crippen molar-refractivity contribution in [2.75, 3.05) is 25.1 Å². The Morgan fingerprint density at radius 1 is 1.30 bits per heavy atom. The maximum absolute atomic E-state index is 11.8. The monoisotopic (exact) mass is 314 g/mol. The first-order valence-electron chi connectivity index (χ1n) is 7.71.